The Hall–Kier alpha value is -0.820. The van der Waals surface area contributed by atoms with E-state index in [4.69, 9.17) is 0 Å². The highest BCUT2D eigenvalue weighted by molar-refractivity contribution is 14.0. The predicted octanol–water partition coefficient (Wildman–Crippen LogP) is 3.46. The van der Waals surface area contributed by atoms with Crippen LogP contribution in [0.4, 0.5) is 0 Å². The molecule has 0 aromatic heterocycles. The number of nitrogens with zero attached hydrogens (tertiary/aromatic N) is 3. The standard InChI is InChI=1S/C20H32N4.HI/c1-16-6-8-18(9-7-16)17(2)14-22-20(21-3)24-13-10-19(15-24)23-11-4-5-12-23;/h6-9,17,19H,4-5,10-15H2,1-3H3,(H,21,22);1H. The normalized spacial score (nSPS) is 22.8. The maximum atomic E-state index is 4.52. The van der Waals surface area contributed by atoms with E-state index in [1.807, 2.05) is 7.05 Å². The summed E-state index contributed by atoms with van der Waals surface area (Å²) in [5.41, 5.74) is 2.71. The molecule has 0 amide bonds. The van der Waals surface area contributed by atoms with Gasteiger partial charge in [-0.25, -0.2) is 0 Å². The van der Waals surface area contributed by atoms with Crippen LogP contribution in [-0.4, -0.2) is 61.6 Å². The van der Waals surface area contributed by atoms with Gasteiger partial charge < -0.3 is 10.2 Å². The zero-order chi connectivity index (χ0) is 16.9. The largest absolute Gasteiger partial charge is 0.356 e. The molecule has 140 valence electrons. The first kappa shape index (κ1) is 20.5. The summed E-state index contributed by atoms with van der Waals surface area (Å²) in [7, 11) is 1.90. The van der Waals surface area contributed by atoms with Crippen LogP contribution in [0, 0.1) is 6.92 Å². The fourth-order valence-corrected chi connectivity index (χ4v) is 3.93. The van der Waals surface area contributed by atoms with E-state index in [1.54, 1.807) is 0 Å². The molecule has 3 rings (SSSR count). The van der Waals surface area contributed by atoms with Crippen molar-refractivity contribution in [3.63, 3.8) is 0 Å². The minimum absolute atomic E-state index is 0. The molecule has 0 saturated carbocycles. The van der Waals surface area contributed by atoms with Crippen LogP contribution < -0.4 is 5.32 Å². The lowest BCUT2D eigenvalue weighted by molar-refractivity contribution is 0.249. The van der Waals surface area contributed by atoms with Crippen molar-refractivity contribution in [3.05, 3.63) is 35.4 Å². The molecule has 1 aromatic rings. The van der Waals surface area contributed by atoms with Gasteiger partial charge in [0.05, 0.1) is 0 Å². The Morgan fingerprint density at radius 3 is 2.52 bits per heavy atom. The molecule has 25 heavy (non-hydrogen) atoms. The van der Waals surface area contributed by atoms with Crippen molar-refractivity contribution < 1.29 is 0 Å². The van der Waals surface area contributed by atoms with Crippen LogP contribution in [0.3, 0.4) is 0 Å². The summed E-state index contributed by atoms with van der Waals surface area (Å²) in [4.78, 5) is 9.63. The average molecular weight is 456 g/mol. The Morgan fingerprint density at radius 1 is 1.20 bits per heavy atom. The quantitative estimate of drug-likeness (QED) is 0.428. The van der Waals surface area contributed by atoms with Crippen molar-refractivity contribution in [1.82, 2.24) is 15.1 Å². The first-order valence-corrected chi connectivity index (χ1v) is 9.43. The third-order valence-corrected chi connectivity index (χ3v) is 5.54. The van der Waals surface area contributed by atoms with Gasteiger partial charge in [0.25, 0.3) is 0 Å². The summed E-state index contributed by atoms with van der Waals surface area (Å²) in [5, 5.41) is 3.59. The van der Waals surface area contributed by atoms with Gasteiger partial charge in [-0.15, -0.1) is 24.0 Å². The maximum Gasteiger partial charge on any atom is 0.193 e. The van der Waals surface area contributed by atoms with Gasteiger partial charge in [-0.1, -0.05) is 36.8 Å². The van der Waals surface area contributed by atoms with Gasteiger partial charge >= 0.3 is 0 Å². The third-order valence-electron chi connectivity index (χ3n) is 5.54. The number of hydrogen-bond acceptors (Lipinski definition) is 2. The maximum absolute atomic E-state index is 4.52. The molecule has 2 heterocycles. The summed E-state index contributed by atoms with van der Waals surface area (Å²) in [6, 6.07) is 9.59. The molecule has 2 fully saturated rings. The fourth-order valence-electron chi connectivity index (χ4n) is 3.93. The molecule has 0 aliphatic carbocycles. The van der Waals surface area contributed by atoms with Gasteiger partial charge in [0.15, 0.2) is 5.96 Å². The van der Waals surface area contributed by atoms with Crippen molar-refractivity contribution in [1.29, 1.82) is 0 Å². The van der Waals surface area contributed by atoms with Crippen molar-refractivity contribution in [2.24, 2.45) is 4.99 Å². The van der Waals surface area contributed by atoms with Crippen LogP contribution in [0.1, 0.15) is 43.2 Å². The van der Waals surface area contributed by atoms with E-state index in [2.05, 4.69) is 58.2 Å². The molecule has 2 aliphatic heterocycles. The summed E-state index contributed by atoms with van der Waals surface area (Å²) < 4.78 is 0. The highest BCUT2D eigenvalue weighted by atomic mass is 127. The molecule has 2 unspecified atom stereocenters. The van der Waals surface area contributed by atoms with Gasteiger partial charge in [0.2, 0.25) is 0 Å². The highest BCUT2D eigenvalue weighted by Crippen LogP contribution is 2.21. The Balaban J connectivity index is 0.00000225. The van der Waals surface area contributed by atoms with Gasteiger partial charge in [-0.3, -0.25) is 9.89 Å². The predicted molar refractivity (Wildman–Crippen MR) is 117 cm³/mol. The monoisotopic (exact) mass is 456 g/mol. The lowest BCUT2D eigenvalue weighted by atomic mass is 10.0. The average Bonchev–Trinajstić information content (AvgIpc) is 3.27. The van der Waals surface area contributed by atoms with Crippen molar-refractivity contribution in [2.45, 2.75) is 45.1 Å². The van der Waals surface area contributed by atoms with Crippen molar-refractivity contribution in [2.75, 3.05) is 39.8 Å². The molecule has 2 aliphatic rings. The number of benzene rings is 1. The third kappa shape index (κ3) is 5.33. The number of aliphatic imine (C=N–C) groups is 1. The lowest BCUT2D eigenvalue weighted by Gasteiger charge is -2.26. The van der Waals surface area contributed by atoms with Gasteiger partial charge in [-0.05, 0) is 50.8 Å². The molecule has 5 heteroatoms. The SMILES string of the molecule is CN=C(NCC(C)c1ccc(C)cc1)N1CCC(N2CCCC2)C1.I. The smallest absolute Gasteiger partial charge is 0.193 e. The van der Waals surface area contributed by atoms with Crippen LogP contribution in [0.25, 0.3) is 0 Å². The number of nitrogens with one attached hydrogen (secondary N) is 1. The minimum atomic E-state index is 0. The molecule has 4 nitrogen and oxygen atoms in total. The van der Waals surface area contributed by atoms with Crippen LogP contribution in [0.2, 0.25) is 0 Å². The van der Waals surface area contributed by atoms with E-state index in [9.17, 15) is 0 Å². The molecule has 0 spiro atoms. The molecule has 1 N–H and O–H groups in total. The van der Waals surface area contributed by atoms with Gasteiger partial charge in [0, 0.05) is 32.7 Å². The second kappa shape index (κ2) is 9.76. The summed E-state index contributed by atoms with van der Waals surface area (Å²) in [6.45, 7) is 10.2. The van der Waals surface area contributed by atoms with Crippen molar-refractivity contribution >= 4 is 29.9 Å². The molecule has 0 bridgehead atoms. The van der Waals surface area contributed by atoms with E-state index in [0.29, 0.717) is 5.92 Å². The number of guanidine groups is 1. The first-order chi connectivity index (χ1) is 11.7. The first-order valence-electron chi connectivity index (χ1n) is 9.43. The highest BCUT2D eigenvalue weighted by Gasteiger charge is 2.30. The summed E-state index contributed by atoms with van der Waals surface area (Å²) in [5.74, 6) is 1.55. The van der Waals surface area contributed by atoms with Crippen LogP contribution in [0.15, 0.2) is 29.3 Å². The second-order valence-electron chi connectivity index (χ2n) is 7.37. The van der Waals surface area contributed by atoms with Crippen LogP contribution in [-0.2, 0) is 0 Å². The van der Waals surface area contributed by atoms with E-state index in [1.165, 1.54) is 43.5 Å². The molecule has 2 saturated heterocycles. The molecule has 1 aromatic carbocycles. The lowest BCUT2D eigenvalue weighted by Crippen LogP contribution is -2.43. The molecular weight excluding hydrogens is 423 g/mol. The van der Waals surface area contributed by atoms with Crippen LogP contribution in [0.5, 0.6) is 0 Å². The Labute approximate surface area is 170 Å². The zero-order valence-electron chi connectivity index (χ0n) is 15.9. The number of rotatable bonds is 4. The minimum Gasteiger partial charge on any atom is -0.356 e. The summed E-state index contributed by atoms with van der Waals surface area (Å²) >= 11 is 0. The summed E-state index contributed by atoms with van der Waals surface area (Å²) in [6.07, 6.45) is 4.02. The van der Waals surface area contributed by atoms with Crippen LogP contribution >= 0.6 is 24.0 Å². The van der Waals surface area contributed by atoms with E-state index in [0.717, 1.165) is 31.6 Å². The number of halogens is 1. The Morgan fingerprint density at radius 2 is 1.88 bits per heavy atom. The Bertz CT molecular complexity index is 551. The van der Waals surface area contributed by atoms with E-state index in [-0.39, 0.29) is 24.0 Å². The topological polar surface area (TPSA) is 30.9 Å². The van der Waals surface area contributed by atoms with Crippen molar-refractivity contribution in [3.8, 4) is 0 Å². The molecule has 2 atom stereocenters. The van der Waals surface area contributed by atoms with Gasteiger partial charge in [0.1, 0.15) is 0 Å². The van der Waals surface area contributed by atoms with E-state index < -0.39 is 0 Å². The number of likely N-dealkylation sites (tertiary alicyclic amines) is 2. The Kier molecular flexibility index (Phi) is 8.00. The number of hydrogen-bond donors (Lipinski definition) is 1. The van der Waals surface area contributed by atoms with E-state index >= 15 is 0 Å². The fraction of sp³-hybridized carbons (Fsp3) is 0.650. The van der Waals surface area contributed by atoms with Gasteiger partial charge in [-0.2, -0.15) is 0 Å². The molecular formula is C20H33IN4. The zero-order valence-corrected chi connectivity index (χ0v) is 18.2. The number of aryl methyl sites for hydroxylation is 1. The second-order valence-corrected chi connectivity index (χ2v) is 7.37. The molecule has 0 radical (unpaired) electrons.